The molecule has 3 heterocycles. The number of rotatable bonds is 8. The molecule has 2 bridgehead atoms. The third-order valence-corrected chi connectivity index (χ3v) is 7.75. The summed E-state index contributed by atoms with van der Waals surface area (Å²) in [4.78, 5) is 42.8. The highest BCUT2D eigenvalue weighted by Crippen LogP contribution is 2.63. The van der Waals surface area contributed by atoms with Crippen LogP contribution in [0.2, 0.25) is 0 Å². The molecular weight excluding hydrogens is 462 g/mol. The van der Waals surface area contributed by atoms with E-state index in [4.69, 9.17) is 9.47 Å². The van der Waals surface area contributed by atoms with E-state index in [1.54, 1.807) is 24.3 Å². The number of hydrogen-bond donors (Lipinski definition) is 3. The molecule has 3 fully saturated rings. The van der Waals surface area contributed by atoms with E-state index in [1.807, 2.05) is 41.5 Å². The predicted molar refractivity (Wildman–Crippen MR) is 134 cm³/mol. The van der Waals surface area contributed by atoms with Crippen molar-refractivity contribution in [1.29, 1.82) is 0 Å². The van der Waals surface area contributed by atoms with E-state index in [0.29, 0.717) is 37.3 Å². The van der Waals surface area contributed by atoms with Gasteiger partial charge < -0.3 is 30.1 Å². The largest absolute Gasteiger partial charge is 0.494 e. The van der Waals surface area contributed by atoms with Crippen LogP contribution in [0.4, 0.5) is 5.69 Å². The lowest BCUT2D eigenvalue weighted by Crippen LogP contribution is -2.60. The molecule has 0 saturated carbocycles. The molecule has 1 spiro atoms. The summed E-state index contributed by atoms with van der Waals surface area (Å²) < 4.78 is 12.1. The van der Waals surface area contributed by atoms with Gasteiger partial charge in [-0.1, -0.05) is 6.92 Å². The lowest BCUT2D eigenvalue weighted by molar-refractivity contribution is -0.149. The number of carbonyl (C=O) groups excluding carboxylic acids is 3. The van der Waals surface area contributed by atoms with Crippen molar-refractivity contribution in [1.82, 2.24) is 10.2 Å². The molecule has 4 rings (SSSR count). The van der Waals surface area contributed by atoms with Gasteiger partial charge in [0.25, 0.3) is 0 Å². The number of aliphatic hydroxyl groups excluding tert-OH is 1. The van der Waals surface area contributed by atoms with Gasteiger partial charge in [-0.3, -0.25) is 14.4 Å². The van der Waals surface area contributed by atoms with Crippen LogP contribution < -0.4 is 15.4 Å². The first-order valence-electron chi connectivity index (χ1n) is 12.9. The summed E-state index contributed by atoms with van der Waals surface area (Å²) in [5, 5.41) is 16.1. The lowest BCUT2D eigenvalue weighted by atomic mass is 9.66. The van der Waals surface area contributed by atoms with E-state index >= 15 is 0 Å². The minimum atomic E-state index is -1.12. The summed E-state index contributed by atoms with van der Waals surface area (Å²) >= 11 is 0. The second kappa shape index (κ2) is 9.34. The van der Waals surface area contributed by atoms with Crippen molar-refractivity contribution in [3.05, 3.63) is 24.3 Å². The van der Waals surface area contributed by atoms with E-state index in [0.717, 1.165) is 0 Å². The maximum Gasteiger partial charge on any atom is 0.246 e. The van der Waals surface area contributed by atoms with Crippen molar-refractivity contribution < 1.29 is 29.0 Å². The van der Waals surface area contributed by atoms with Crippen LogP contribution in [0, 0.1) is 11.8 Å². The average molecular weight is 502 g/mol. The molecule has 198 valence electrons. The Bertz CT molecular complexity index is 1020. The van der Waals surface area contributed by atoms with Gasteiger partial charge in [-0.2, -0.15) is 0 Å². The van der Waals surface area contributed by atoms with Crippen molar-refractivity contribution in [3.8, 4) is 5.75 Å². The van der Waals surface area contributed by atoms with Gasteiger partial charge in [0.15, 0.2) is 0 Å². The number of hydrogen-bond acceptors (Lipinski definition) is 6. The minimum Gasteiger partial charge on any atom is -0.494 e. The molecule has 0 aromatic heterocycles. The van der Waals surface area contributed by atoms with Crippen molar-refractivity contribution in [2.75, 3.05) is 18.5 Å². The fraction of sp³-hybridized carbons (Fsp3) is 0.667. The fourth-order valence-electron chi connectivity index (χ4n) is 6.33. The zero-order valence-electron chi connectivity index (χ0n) is 22.1. The van der Waals surface area contributed by atoms with Gasteiger partial charge in [0.2, 0.25) is 17.7 Å². The molecule has 0 radical (unpaired) electrons. The summed E-state index contributed by atoms with van der Waals surface area (Å²) in [5.41, 5.74) is -1.92. The maximum absolute atomic E-state index is 14.0. The molecular formula is C27H39N3O6. The van der Waals surface area contributed by atoms with Crippen LogP contribution in [0.3, 0.4) is 0 Å². The summed E-state index contributed by atoms with van der Waals surface area (Å²) in [5.74, 6) is -1.81. The predicted octanol–water partition coefficient (Wildman–Crippen LogP) is 2.47. The normalized spacial score (nSPS) is 31.8. The average Bonchev–Trinajstić information content (AvgIpc) is 3.36. The Hall–Kier alpha value is -2.65. The number of fused-ring (bicyclic) bond motifs is 1. The first-order valence-corrected chi connectivity index (χ1v) is 12.9. The van der Waals surface area contributed by atoms with Gasteiger partial charge in [0.1, 0.15) is 17.4 Å². The molecule has 3 aliphatic heterocycles. The van der Waals surface area contributed by atoms with Gasteiger partial charge in [-0.25, -0.2) is 0 Å². The number of aliphatic hydroxyl groups is 1. The molecule has 3 N–H and O–H groups in total. The number of likely N-dealkylation sites (tertiary alicyclic amines) is 1. The quantitative estimate of drug-likeness (QED) is 0.504. The lowest BCUT2D eigenvalue weighted by Gasteiger charge is -2.38. The van der Waals surface area contributed by atoms with Gasteiger partial charge in [-0.05, 0) is 78.1 Å². The number of ether oxygens (including phenoxy) is 2. The SMILES string of the molecule is CCOc1ccc(NC(=O)[C@H]2[C@H]3C(=O)N([C@@H](CC)CO)C(C(=O)NC(C)(C)C)C34CC[C@]2(C)O4)cc1. The maximum atomic E-state index is 14.0. The number of carbonyl (C=O) groups is 3. The Morgan fingerprint density at radius 2 is 1.86 bits per heavy atom. The summed E-state index contributed by atoms with van der Waals surface area (Å²) in [7, 11) is 0. The number of nitrogens with zero attached hydrogens (tertiary/aromatic N) is 1. The number of amides is 3. The van der Waals surface area contributed by atoms with Crippen LogP contribution in [-0.4, -0.2) is 69.8 Å². The van der Waals surface area contributed by atoms with Crippen LogP contribution in [0.25, 0.3) is 0 Å². The molecule has 3 aliphatic rings. The first kappa shape index (κ1) is 26.4. The van der Waals surface area contributed by atoms with Crippen molar-refractivity contribution >= 4 is 23.4 Å². The smallest absolute Gasteiger partial charge is 0.246 e. The molecule has 0 aliphatic carbocycles. The van der Waals surface area contributed by atoms with E-state index in [2.05, 4.69) is 10.6 Å². The Labute approximate surface area is 212 Å². The van der Waals surface area contributed by atoms with Crippen LogP contribution >= 0.6 is 0 Å². The van der Waals surface area contributed by atoms with Gasteiger partial charge >= 0.3 is 0 Å². The molecule has 6 atom stereocenters. The minimum absolute atomic E-state index is 0.273. The second-order valence-corrected chi connectivity index (χ2v) is 11.4. The van der Waals surface area contributed by atoms with Crippen LogP contribution in [0.1, 0.15) is 60.8 Å². The Balaban J connectivity index is 1.69. The van der Waals surface area contributed by atoms with E-state index in [-0.39, 0.29) is 24.3 Å². The summed E-state index contributed by atoms with van der Waals surface area (Å²) in [6.45, 7) is 11.5. The van der Waals surface area contributed by atoms with Crippen molar-refractivity contribution in [3.63, 3.8) is 0 Å². The topological polar surface area (TPSA) is 117 Å². The highest BCUT2D eigenvalue weighted by molar-refractivity contribution is 6.02. The Kier molecular flexibility index (Phi) is 6.85. The monoisotopic (exact) mass is 501 g/mol. The van der Waals surface area contributed by atoms with Crippen LogP contribution in [0.15, 0.2) is 24.3 Å². The molecule has 36 heavy (non-hydrogen) atoms. The van der Waals surface area contributed by atoms with Crippen LogP contribution in [0.5, 0.6) is 5.75 Å². The number of nitrogens with one attached hydrogen (secondary N) is 2. The molecule has 1 aromatic rings. The molecule has 9 nitrogen and oxygen atoms in total. The molecule has 3 amide bonds. The molecule has 3 saturated heterocycles. The molecule has 2 unspecified atom stereocenters. The van der Waals surface area contributed by atoms with E-state index in [1.165, 1.54) is 4.90 Å². The zero-order chi connectivity index (χ0) is 26.5. The van der Waals surface area contributed by atoms with Gasteiger partial charge in [0, 0.05) is 11.2 Å². The van der Waals surface area contributed by atoms with Crippen molar-refractivity contribution in [2.45, 2.75) is 89.6 Å². The zero-order valence-corrected chi connectivity index (χ0v) is 22.1. The summed E-state index contributed by atoms with van der Waals surface area (Å²) in [6.07, 6.45) is 1.53. The van der Waals surface area contributed by atoms with E-state index < -0.39 is 40.7 Å². The van der Waals surface area contributed by atoms with Gasteiger partial charge in [0.05, 0.1) is 36.7 Å². The Morgan fingerprint density at radius 3 is 2.42 bits per heavy atom. The second-order valence-electron chi connectivity index (χ2n) is 11.4. The molecule has 9 heteroatoms. The highest BCUT2D eigenvalue weighted by atomic mass is 16.5. The van der Waals surface area contributed by atoms with E-state index in [9.17, 15) is 19.5 Å². The first-order chi connectivity index (χ1) is 16.9. The highest BCUT2D eigenvalue weighted by Gasteiger charge is 2.78. The third kappa shape index (κ3) is 4.26. The Morgan fingerprint density at radius 1 is 1.19 bits per heavy atom. The third-order valence-electron chi connectivity index (χ3n) is 7.75. The van der Waals surface area contributed by atoms with Crippen LogP contribution in [-0.2, 0) is 19.1 Å². The fourth-order valence-corrected chi connectivity index (χ4v) is 6.33. The standard InChI is InChI=1S/C27H39N3O6/c1-7-17(15-31)30-21(23(33)29-25(3,4)5)27-14-13-26(6,36-27)19(20(27)24(30)34)22(32)28-16-9-11-18(12-10-16)35-8-2/h9-12,17,19-21,31H,7-8,13-15H2,1-6H3,(H,28,32)(H,29,33)/t17-,19+,20-,21?,26-,27?/m0/s1. The molecule has 1 aromatic carbocycles. The summed E-state index contributed by atoms with van der Waals surface area (Å²) in [6, 6.07) is 5.62. The number of benzene rings is 1. The van der Waals surface area contributed by atoms with Crippen molar-refractivity contribution in [2.24, 2.45) is 11.8 Å². The van der Waals surface area contributed by atoms with Gasteiger partial charge in [-0.15, -0.1) is 0 Å². The number of anilines is 1.